The summed E-state index contributed by atoms with van der Waals surface area (Å²) in [5, 5.41) is 10.8. The lowest BCUT2D eigenvalue weighted by molar-refractivity contribution is -0.0974. The van der Waals surface area contributed by atoms with E-state index in [4.69, 9.17) is 0 Å². The van der Waals surface area contributed by atoms with Crippen LogP contribution in [0.25, 0.3) is 0 Å². The van der Waals surface area contributed by atoms with Gasteiger partial charge in [-0.05, 0) is 124 Å². The lowest BCUT2D eigenvalue weighted by atomic mass is 9.42. The summed E-state index contributed by atoms with van der Waals surface area (Å²) in [5.74, 6) is 2.34. The van der Waals surface area contributed by atoms with Gasteiger partial charge in [-0.1, -0.05) is 64.3 Å². The van der Waals surface area contributed by atoms with Crippen LogP contribution in [0.4, 0.5) is 0 Å². The van der Waals surface area contributed by atoms with Crippen molar-refractivity contribution in [3.05, 3.63) is 22.8 Å². The van der Waals surface area contributed by atoms with Gasteiger partial charge in [0.25, 0.3) is 0 Å². The van der Waals surface area contributed by atoms with Gasteiger partial charge >= 0.3 is 0 Å². The van der Waals surface area contributed by atoms with Crippen molar-refractivity contribution in [3.8, 4) is 0 Å². The van der Waals surface area contributed by atoms with Gasteiger partial charge in [0.15, 0.2) is 0 Å². The Balaban J connectivity index is 1.68. The standard InChI is InChI=1S/C31H52O/c1-9-31-20-16-24-25(13-14-26-28(5,6)27(32)17-18-29(24,26)7)30(31,8)19-15-23(31)22(4)12-10-11-21(2)3/h11,22-23,26-27,32H,9-10,12-20H2,1-8H3/t22-,23-,26+,27+,29-,30+,31-/m1/s1. The average molecular weight is 441 g/mol. The highest BCUT2D eigenvalue weighted by Gasteiger charge is 2.64. The predicted molar refractivity (Wildman–Crippen MR) is 137 cm³/mol. The molecule has 4 aliphatic carbocycles. The molecule has 1 heteroatoms. The van der Waals surface area contributed by atoms with Crippen LogP contribution in [-0.2, 0) is 0 Å². The second-order valence-corrected chi connectivity index (χ2v) is 13.7. The van der Waals surface area contributed by atoms with Crippen LogP contribution >= 0.6 is 0 Å². The molecule has 2 fully saturated rings. The van der Waals surface area contributed by atoms with Gasteiger partial charge in [0.1, 0.15) is 0 Å². The SMILES string of the molecule is CC[C@]12CCC3=C(CC[C@H]4C(C)(C)[C@@H](O)CC[C@]34C)[C@]1(C)CC[C@@H]2[C@H](C)CCC=C(C)C. The van der Waals surface area contributed by atoms with Crippen molar-refractivity contribution in [2.75, 3.05) is 0 Å². The number of aliphatic hydroxyl groups excluding tert-OH is 1. The molecule has 182 valence electrons. The van der Waals surface area contributed by atoms with Crippen LogP contribution in [0.2, 0.25) is 0 Å². The average Bonchev–Trinajstić information content (AvgIpc) is 3.04. The van der Waals surface area contributed by atoms with Gasteiger partial charge in [0.05, 0.1) is 6.10 Å². The zero-order valence-electron chi connectivity index (χ0n) is 22.6. The first kappa shape index (κ1) is 24.6. The second kappa shape index (κ2) is 8.28. The van der Waals surface area contributed by atoms with Crippen LogP contribution < -0.4 is 0 Å². The van der Waals surface area contributed by atoms with E-state index in [-0.39, 0.29) is 11.5 Å². The van der Waals surface area contributed by atoms with Crippen LogP contribution in [0.15, 0.2) is 22.8 Å². The molecular weight excluding hydrogens is 388 g/mol. The quantitative estimate of drug-likeness (QED) is 0.423. The van der Waals surface area contributed by atoms with E-state index in [1.165, 1.54) is 69.8 Å². The van der Waals surface area contributed by atoms with Crippen molar-refractivity contribution in [1.82, 2.24) is 0 Å². The zero-order valence-corrected chi connectivity index (χ0v) is 22.6. The molecule has 2 saturated carbocycles. The molecule has 0 bridgehead atoms. The Morgan fingerprint density at radius 3 is 2.38 bits per heavy atom. The highest BCUT2D eigenvalue weighted by molar-refractivity contribution is 5.39. The second-order valence-electron chi connectivity index (χ2n) is 13.7. The van der Waals surface area contributed by atoms with Gasteiger partial charge in [-0.2, -0.15) is 0 Å². The van der Waals surface area contributed by atoms with Crippen molar-refractivity contribution >= 4 is 0 Å². The van der Waals surface area contributed by atoms with E-state index < -0.39 is 0 Å². The van der Waals surface area contributed by atoms with Crippen LogP contribution in [0, 0.1) is 39.4 Å². The number of rotatable bonds is 5. The molecule has 4 aliphatic rings. The Kier molecular flexibility index (Phi) is 6.36. The summed E-state index contributed by atoms with van der Waals surface area (Å²) in [6.07, 6.45) is 16.6. The molecule has 32 heavy (non-hydrogen) atoms. The van der Waals surface area contributed by atoms with Crippen molar-refractivity contribution in [3.63, 3.8) is 0 Å². The first-order valence-corrected chi connectivity index (χ1v) is 14.0. The minimum Gasteiger partial charge on any atom is -0.393 e. The first-order valence-electron chi connectivity index (χ1n) is 14.0. The third kappa shape index (κ3) is 3.34. The molecule has 0 spiro atoms. The van der Waals surface area contributed by atoms with E-state index in [0.29, 0.717) is 22.2 Å². The summed E-state index contributed by atoms with van der Waals surface area (Å²) >= 11 is 0. The Bertz CT molecular complexity index is 782. The monoisotopic (exact) mass is 440 g/mol. The fourth-order valence-corrected chi connectivity index (χ4v) is 10.1. The van der Waals surface area contributed by atoms with Gasteiger partial charge < -0.3 is 5.11 Å². The third-order valence-electron chi connectivity index (χ3n) is 11.9. The van der Waals surface area contributed by atoms with Crippen LogP contribution in [0.3, 0.4) is 0 Å². The fraction of sp³-hybridized carbons (Fsp3) is 0.871. The molecule has 0 aromatic carbocycles. The summed E-state index contributed by atoms with van der Waals surface area (Å²) in [6, 6.07) is 0. The van der Waals surface area contributed by atoms with E-state index in [1.54, 1.807) is 0 Å². The topological polar surface area (TPSA) is 20.2 Å². The lowest BCUT2D eigenvalue weighted by Crippen LogP contribution is -2.55. The molecule has 0 radical (unpaired) electrons. The molecule has 0 aromatic rings. The van der Waals surface area contributed by atoms with E-state index in [0.717, 1.165) is 18.3 Å². The van der Waals surface area contributed by atoms with Crippen molar-refractivity contribution < 1.29 is 5.11 Å². The summed E-state index contributed by atoms with van der Waals surface area (Å²) in [5.41, 5.74) is 6.49. The smallest absolute Gasteiger partial charge is 0.0594 e. The maximum atomic E-state index is 10.8. The molecule has 0 unspecified atom stereocenters. The number of hydrogen-bond acceptors (Lipinski definition) is 1. The molecule has 0 aromatic heterocycles. The van der Waals surface area contributed by atoms with Crippen molar-refractivity contribution in [2.45, 2.75) is 132 Å². The Labute approximate surface area is 199 Å². The zero-order chi connectivity index (χ0) is 23.5. The summed E-state index contributed by atoms with van der Waals surface area (Å²) in [6.45, 7) is 19.6. The van der Waals surface area contributed by atoms with Crippen molar-refractivity contribution in [2.24, 2.45) is 39.4 Å². The minimum atomic E-state index is -0.130. The number of fused-ring (bicyclic) bond motifs is 4. The molecule has 1 N–H and O–H groups in total. The summed E-state index contributed by atoms with van der Waals surface area (Å²) in [4.78, 5) is 0. The fourth-order valence-electron chi connectivity index (χ4n) is 10.1. The molecular formula is C31H52O. The van der Waals surface area contributed by atoms with Gasteiger partial charge in [-0.15, -0.1) is 0 Å². The maximum absolute atomic E-state index is 10.8. The Hall–Kier alpha value is -0.560. The highest BCUT2D eigenvalue weighted by Crippen LogP contribution is 2.73. The van der Waals surface area contributed by atoms with Crippen LogP contribution in [0.5, 0.6) is 0 Å². The van der Waals surface area contributed by atoms with E-state index in [9.17, 15) is 5.11 Å². The summed E-state index contributed by atoms with van der Waals surface area (Å²) in [7, 11) is 0. The largest absolute Gasteiger partial charge is 0.393 e. The molecule has 4 rings (SSSR count). The Morgan fingerprint density at radius 2 is 1.72 bits per heavy atom. The number of hydrogen-bond donors (Lipinski definition) is 1. The predicted octanol–water partition coefficient (Wildman–Crippen LogP) is 8.87. The number of aliphatic hydroxyl groups is 1. The van der Waals surface area contributed by atoms with Gasteiger partial charge in [0, 0.05) is 0 Å². The highest BCUT2D eigenvalue weighted by atomic mass is 16.3. The third-order valence-corrected chi connectivity index (χ3v) is 11.9. The lowest BCUT2D eigenvalue weighted by Gasteiger charge is -2.62. The summed E-state index contributed by atoms with van der Waals surface area (Å²) < 4.78 is 0. The molecule has 7 atom stereocenters. The molecule has 0 heterocycles. The minimum absolute atomic E-state index is 0.0450. The van der Waals surface area contributed by atoms with Gasteiger partial charge in [-0.3, -0.25) is 0 Å². The molecule has 0 amide bonds. The van der Waals surface area contributed by atoms with E-state index in [2.05, 4.69) is 61.5 Å². The van der Waals surface area contributed by atoms with Crippen LogP contribution in [-0.4, -0.2) is 11.2 Å². The molecule has 0 saturated heterocycles. The molecule has 0 aliphatic heterocycles. The normalized spacial score (nSPS) is 43.8. The Morgan fingerprint density at radius 1 is 1.00 bits per heavy atom. The van der Waals surface area contributed by atoms with Crippen molar-refractivity contribution in [1.29, 1.82) is 0 Å². The van der Waals surface area contributed by atoms with E-state index >= 15 is 0 Å². The maximum Gasteiger partial charge on any atom is 0.0594 e. The van der Waals surface area contributed by atoms with Gasteiger partial charge in [0.2, 0.25) is 0 Å². The van der Waals surface area contributed by atoms with E-state index in [1.807, 2.05) is 11.1 Å². The first-order chi connectivity index (χ1) is 14.9. The number of allylic oxidation sites excluding steroid dienone is 4. The van der Waals surface area contributed by atoms with Gasteiger partial charge in [-0.25, -0.2) is 0 Å². The molecule has 1 nitrogen and oxygen atoms in total. The van der Waals surface area contributed by atoms with Crippen LogP contribution in [0.1, 0.15) is 126 Å².